The molecule has 0 bridgehead atoms. The van der Waals surface area contributed by atoms with E-state index in [4.69, 9.17) is 26.1 Å². The fourth-order valence-electron chi connectivity index (χ4n) is 0.864. The molecule has 0 aromatic carbocycles. The van der Waals surface area contributed by atoms with Crippen LogP contribution in [0.4, 0.5) is 0 Å². The Hall–Kier alpha value is 0.410. The summed E-state index contributed by atoms with van der Waals surface area (Å²) >= 11 is 6.77. The summed E-state index contributed by atoms with van der Waals surface area (Å²) in [5, 5.41) is 8.40. The largest absolute Gasteiger partial charge is 0.321 e. The van der Waals surface area contributed by atoms with Gasteiger partial charge in [0.1, 0.15) is 0 Å². The van der Waals surface area contributed by atoms with Gasteiger partial charge in [-0.2, -0.15) is 5.26 Å². The standard InChI is InChI=1S/C8H14NO2PS2/c1-8(2)6-10-12(13,11-7-8)14-5-3-4-9/h3,5-7H2,1-2H3. The van der Waals surface area contributed by atoms with Gasteiger partial charge in [0.15, 0.2) is 0 Å². The fourth-order valence-corrected chi connectivity index (χ4v) is 5.20. The fraction of sp³-hybridized carbons (Fsp3) is 0.875. The summed E-state index contributed by atoms with van der Waals surface area (Å²) < 4.78 is 11.2. The van der Waals surface area contributed by atoms with Crippen molar-refractivity contribution >= 4 is 28.9 Å². The van der Waals surface area contributed by atoms with Crippen molar-refractivity contribution in [1.82, 2.24) is 0 Å². The van der Waals surface area contributed by atoms with Crippen molar-refractivity contribution in [2.24, 2.45) is 5.41 Å². The zero-order valence-electron chi connectivity index (χ0n) is 8.36. The van der Waals surface area contributed by atoms with Crippen LogP contribution in [0.3, 0.4) is 0 Å². The van der Waals surface area contributed by atoms with Crippen molar-refractivity contribution in [3.63, 3.8) is 0 Å². The van der Waals surface area contributed by atoms with Crippen LogP contribution in [-0.2, 0) is 20.9 Å². The van der Waals surface area contributed by atoms with E-state index < -0.39 is 5.69 Å². The van der Waals surface area contributed by atoms with E-state index >= 15 is 0 Å². The van der Waals surface area contributed by atoms with Crippen LogP contribution in [0.5, 0.6) is 0 Å². The van der Waals surface area contributed by atoms with E-state index in [0.29, 0.717) is 25.4 Å². The lowest BCUT2D eigenvalue weighted by Gasteiger charge is -2.35. The minimum absolute atomic E-state index is 0.0676. The number of nitriles is 1. The first-order chi connectivity index (χ1) is 6.47. The number of hydrogen-bond donors (Lipinski definition) is 0. The SMILES string of the molecule is CC1(C)COP(=S)(SCCC#N)OC1. The van der Waals surface area contributed by atoms with Gasteiger partial charge in [-0.05, 0) is 11.8 Å². The first-order valence-corrected chi connectivity index (χ1v) is 8.61. The maximum Gasteiger partial charge on any atom is 0.247 e. The quantitative estimate of drug-likeness (QED) is 0.570. The molecule has 0 amide bonds. The first-order valence-electron chi connectivity index (χ1n) is 4.38. The van der Waals surface area contributed by atoms with E-state index in [-0.39, 0.29) is 5.41 Å². The maximum atomic E-state index is 8.40. The van der Waals surface area contributed by atoms with Gasteiger partial charge in [0, 0.05) is 17.6 Å². The third-order valence-electron chi connectivity index (χ3n) is 1.69. The van der Waals surface area contributed by atoms with E-state index in [2.05, 4.69) is 19.9 Å². The molecule has 3 nitrogen and oxygen atoms in total. The van der Waals surface area contributed by atoms with Gasteiger partial charge in [-0.1, -0.05) is 25.2 Å². The van der Waals surface area contributed by atoms with Crippen LogP contribution in [0.25, 0.3) is 0 Å². The molecule has 0 radical (unpaired) electrons. The van der Waals surface area contributed by atoms with Gasteiger partial charge in [-0.15, -0.1) is 0 Å². The molecule has 0 saturated carbocycles. The summed E-state index contributed by atoms with van der Waals surface area (Å²) in [6.07, 6.45) is 0.499. The lowest BCUT2D eigenvalue weighted by Crippen LogP contribution is -2.28. The summed E-state index contributed by atoms with van der Waals surface area (Å²) in [5.74, 6) is 0.703. The van der Waals surface area contributed by atoms with Gasteiger partial charge in [0.05, 0.1) is 19.3 Å². The molecule has 0 N–H and O–H groups in total. The van der Waals surface area contributed by atoms with E-state index in [1.807, 2.05) is 0 Å². The Morgan fingerprint density at radius 1 is 1.50 bits per heavy atom. The van der Waals surface area contributed by atoms with Gasteiger partial charge in [-0.25, -0.2) is 0 Å². The first kappa shape index (κ1) is 12.5. The van der Waals surface area contributed by atoms with E-state index in [0.717, 1.165) is 0 Å². The van der Waals surface area contributed by atoms with Crippen molar-refractivity contribution in [2.45, 2.75) is 20.3 Å². The highest BCUT2D eigenvalue weighted by Gasteiger charge is 2.33. The van der Waals surface area contributed by atoms with Crippen molar-refractivity contribution in [2.75, 3.05) is 19.0 Å². The molecule has 0 aromatic heterocycles. The summed E-state index contributed by atoms with van der Waals surface area (Å²) in [4.78, 5) is 0. The molecule has 0 spiro atoms. The minimum atomic E-state index is -2.12. The zero-order chi connectivity index (χ0) is 10.7. The van der Waals surface area contributed by atoms with Gasteiger partial charge < -0.3 is 9.05 Å². The van der Waals surface area contributed by atoms with Crippen molar-refractivity contribution in [3.05, 3.63) is 0 Å². The highest BCUT2D eigenvalue weighted by molar-refractivity contribution is 8.67. The van der Waals surface area contributed by atoms with Crippen molar-refractivity contribution in [1.29, 1.82) is 5.26 Å². The Kier molecular flexibility index (Phi) is 4.42. The molecular weight excluding hydrogens is 237 g/mol. The Morgan fingerprint density at radius 3 is 2.57 bits per heavy atom. The molecule has 0 aliphatic carbocycles. The second-order valence-corrected chi connectivity index (χ2v) is 10.3. The minimum Gasteiger partial charge on any atom is -0.321 e. The molecule has 1 aliphatic heterocycles. The van der Waals surface area contributed by atoms with Gasteiger partial charge in [0.2, 0.25) is 5.69 Å². The van der Waals surface area contributed by atoms with Crippen molar-refractivity contribution in [3.8, 4) is 6.07 Å². The highest BCUT2D eigenvalue weighted by Crippen LogP contribution is 2.64. The highest BCUT2D eigenvalue weighted by atomic mass is 32.9. The Bertz CT molecular complexity index is 274. The van der Waals surface area contributed by atoms with Crippen LogP contribution in [0, 0.1) is 16.7 Å². The molecule has 0 atom stereocenters. The lowest BCUT2D eigenvalue weighted by molar-refractivity contribution is 0.0672. The average molecular weight is 251 g/mol. The molecule has 80 valence electrons. The third-order valence-corrected chi connectivity index (χ3v) is 6.99. The molecule has 14 heavy (non-hydrogen) atoms. The van der Waals surface area contributed by atoms with Crippen molar-refractivity contribution < 1.29 is 9.05 Å². The number of nitrogens with zero attached hydrogens (tertiary/aromatic N) is 1. The van der Waals surface area contributed by atoms with Crippen LogP contribution in [-0.4, -0.2) is 19.0 Å². The third kappa shape index (κ3) is 3.88. The summed E-state index contributed by atoms with van der Waals surface area (Å²) in [5.41, 5.74) is -2.06. The summed E-state index contributed by atoms with van der Waals surface area (Å²) in [6, 6.07) is 2.08. The topological polar surface area (TPSA) is 42.2 Å². The monoisotopic (exact) mass is 251 g/mol. The molecule has 1 saturated heterocycles. The Labute approximate surface area is 94.1 Å². The Morgan fingerprint density at radius 2 is 2.07 bits per heavy atom. The van der Waals surface area contributed by atoms with Crippen LogP contribution >= 0.6 is 17.1 Å². The molecule has 0 unspecified atom stereocenters. The van der Waals surface area contributed by atoms with Crippen LogP contribution < -0.4 is 0 Å². The molecule has 1 fully saturated rings. The van der Waals surface area contributed by atoms with E-state index in [1.165, 1.54) is 11.4 Å². The second-order valence-electron chi connectivity index (χ2n) is 3.90. The van der Waals surface area contributed by atoms with Crippen LogP contribution in [0.15, 0.2) is 0 Å². The molecule has 0 aromatic rings. The van der Waals surface area contributed by atoms with Crippen LogP contribution in [0.2, 0.25) is 0 Å². The number of rotatable bonds is 3. The van der Waals surface area contributed by atoms with Gasteiger partial charge in [-0.3, -0.25) is 0 Å². The molecular formula is C8H14NO2PS2. The second kappa shape index (κ2) is 4.96. The molecule has 6 heteroatoms. The van der Waals surface area contributed by atoms with E-state index in [9.17, 15) is 0 Å². The smallest absolute Gasteiger partial charge is 0.247 e. The summed E-state index contributed by atoms with van der Waals surface area (Å²) in [7, 11) is 0. The predicted octanol–water partition coefficient (Wildman–Crippen LogP) is 2.93. The normalized spacial score (nSPS) is 24.1. The van der Waals surface area contributed by atoms with E-state index in [1.54, 1.807) is 0 Å². The maximum absolute atomic E-state index is 8.40. The van der Waals surface area contributed by atoms with Crippen LogP contribution in [0.1, 0.15) is 20.3 Å². The van der Waals surface area contributed by atoms with Gasteiger partial charge in [0.25, 0.3) is 0 Å². The van der Waals surface area contributed by atoms with Gasteiger partial charge >= 0.3 is 0 Å². The molecule has 1 rings (SSSR count). The Balaban J connectivity index is 2.39. The molecule has 1 heterocycles. The molecule has 1 aliphatic rings. The zero-order valence-corrected chi connectivity index (χ0v) is 10.9. The predicted molar refractivity (Wildman–Crippen MR) is 62.7 cm³/mol. The average Bonchev–Trinajstić information content (AvgIpc) is 2.12. The number of hydrogen-bond acceptors (Lipinski definition) is 5. The summed E-state index contributed by atoms with van der Waals surface area (Å²) in [6.45, 7) is 5.49. The lowest BCUT2D eigenvalue weighted by atomic mass is 9.97.